The maximum absolute atomic E-state index is 13.1. The molecule has 0 amide bonds. The Bertz CT molecular complexity index is 439. The Morgan fingerprint density at radius 2 is 2.39 bits per heavy atom. The third-order valence-corrected chi connectivity index (χ3v) is 3.59. The topological polar surface area (TPSA) is 35.5 Å². The van der Waals surface area contributed by atoms with Crippen molar-refractivity contribution in [3.8, 4) is 0 Å². The van der Waals surface area contributed by atoms with E-state index in [9.17, 15) is 9.50 Å². The fourth-order valence-corrected chi connectivity index (χ4v) is 2.50. The smallest absolute Gasteiger partial charge is 0.169 e. The molecule has 0 saturated carbocycles. The van der Waals surface area contributed by atoms with Crippen LogP contribution < -0.4 is 5.32 Å². The Labute approximate surface area is 112 Å². The van der Waals surface area contributed by atoms with Gasteiger partial charge in [0, 0.05) is 13.1 Å². The summed E-state index contributed by atoms with van der Waals surface area (Å²) in [6, 6.07) is 6.57. The third-order valence-electron chi connectivity index (χ3n) is 3.21. The molecule has 18 heavy (non-hydrogen) atoms. The van der Waals surface area contributed by atoms with Crippen molar-refractivity contribution in [1.29, 1.82) is 0 Å². The number of benzene rings is 1. The van der Waals surface area contributed by atoms with Crippen LogP contribution in [-0.4, -0.2) is 40.4 Å². The van der Waals surface area contributed by atoms with Crippen molar-refractivity contribution in [2.75, 3.05) is 13.1 Å². The molecule has 0 radical (unpaired) electrons. The van der Waals surface area contributed by atoms with Crippen molar-refractivity contribution in [1.82, 2.24) is 10.2 Å². The van der Waals surface area contributed by atoms with E-state index < -0.39 is 6.10 Å². The van der Waals surface area contributed by atoms with Gasteiger partial charge >= 0.3 is 0 Å². The summed E-state index contributed by atoms with van der Waals surface area (Å²) in [5.74, 6) is -0.221. The number of hydrogen-bond donors (Lipinski definition) is 2. The molecule has 0 aromatic heterocycles. The zero-order chi connectivity index (χ0) is 13.1. The number of hydrogen-bond acceptors (Lipinski definition) is 2. The van der Waals surface area contributed by atoms with Crippen LogP contribution in [0.1, 0.15) is 12.5 Å². The molecule has 1 aliphatic rings. The molecular weight excluding hydrogens is 251 g/mol. The van der Waals surface area contributed by atoms with Crippen LogP contribution in [0.4, 0.5) is 4.39 Å². The van der Waals surface area contributed by atoms with E-state index in [1.54, 1.807) is 13.0 Å². The number of rotatable bonds is 4. The van der Waals surface area contributed by atoms with Gasteiger partial charge in [-0.1, -0.05) is 12.1 Å². The highest BCUT2D eigenvalue weighted by Crippen LogP contribution is 2.13. The Hall–Kier alpha value is -1.20. The van der Waals surface area contributed by atoms with Crippen molar-refractivity contribution in [2.24, 2.45) is 0 Å². The third kappa shape index (κ3) is 2.97. The number of nitrogens with zero attached hydrogens (tertiary/aromatic N) is 1. The number of aliphatic hydroxyl groups is 1. The van der Waals surface area contributed by atoms with Crippen LogP contribution in [0.25, 0.3) is 0 Å². The molecule has 1 saturated heterocycles. The Balaban J connectivity index is 1.98. The highest BCUT2D eigenvalue weighted by molar-refractivity contribution is 7.80. The summed E-state index contributed by atoms with van der Waals surface area (Å²) < 4.78 is 13.1. The maximum Gasteiger partial charge on any atom is 0.169 e. The van der Waals surface area contributed by atoms with Crippen LogP contribution in [-0.2, 0) is 6.42 Å². The molecule has 2 N–H and O–H groups in total. The van der Waals surface area contributed by atoms with Crippen LogP contribution in [0.5, 0.6) is 0 Å². The molecular formula is C13H17FN2OS. The van der Waals surface area contributed by atoms with Gasteiger partial charge in [-0.25, -0.2) is 4.39 Å². The Kier molecular flexibility index (Phi) is 4.14. The largest absolute Gasteiger partial charge is 0.391 e. The summed E-state index contributed by atoms with van der Waals surface area (Å²) in [5.41, 5.74) is 0.939. The Morgan fingerprint density at radius 1 is 1.61 bits per heavy atom. The minimum atomic E-state index is -0.439. The standard InChI is InChI=1S/C13H17FN2OS/c1-9(17)12-8-15-13(18)16(12)6-5-10-3-2-4-11(14)7-10/h2-4,7,9,12,17H,5-6,8H2,1H3,(H,15,18)/t9?,12-/m1/s1. The highest BCUT2D eigenvalue weighted by Gasteiger charge is 2.30. The van der Waals surface area contributed by atoms with Crippen LogP contribution in [0, 0.1) is 5.82 Å². The maximum atomic E-state index is 13.1. The summed E-state index contributed by atoms with van der Waals surface area (Å²) in [7, 11) is 0. The second-order valence-corrected chi connectivity index (χ2v) is 4.95. The van der Waals surface area contributed by atoms with Crippen molar-refractivity contribution < 1.29 is 9.50 Å². The summed E-state index contributed by atoms with van der Waals surface area (Å²) in [5, 5.41) is 13.4. The molecule has 1 heterocycles. The summed E-state index contributed by atoms with van der Waals surface area (Å²) >= 11 is 5.21. The van der Waals surface area contributed by atoms with Crippen molar-refractivity contribution in [3.05, 3.63) is 35.6 Å². The van der Waals surface area contributed by atoms with Gasteiger partial charge in [-0.05, 0) is 43.3 Å². The quantitative estimate of drug-likeness (QED) is 0.807. The first-order chi connectivity index (χ1) is 8.58. The van der Waals surface area contributed by atoms with E-state index >= 15 is 0 Å². The first-order valence-electron chi connectivity index (χ1n) is 6.05. The van der Waals surface area contributed by atoms with Gasteiger partial charge in [0.2, 0.25) is 0 Å². The van der Waals surface area contributed by atoms with Gasteiger partial charge in [-0.2, -0.15) is 0 Å². The normalized spacial score (nSPS) is 20.9. The fraction of sp³-hybridized carbons (Fsp3) is 0.462. The molecule has 3 nitrogen and oxygen atoms in total. The molecule has 0 aliphatic carbocycles. The van der Waals surface area contributed by atoms with E-state index in [1.807, 2.05) is 11.0 Å². The fourth-order valence-electron chi connectivity index (χ4n) is 2.19. The van der Waals surface area contributed by atoms with E-state index in [4.69, 9.17) is 12.2 Å². The average Bonchev–Trinajstić information content (AvgIpc) is 2.68. The summed E-state index contributed by atoms with van der Waals surface area (Å²) in [6.07, 6.45) is 0.272. The first kappa shape index (κ1) is 13.2. The molecule has 0 bridgehead atoms. The molecule has 98 valence electrons. The Morgan fingerprint density at radius 3 is 3.06 bits per heavy atom. The molecule has 2 rings (SSSR count). The SMILES string of the molecule is CC(O)[C@H]1CNC(=S)N1CCc1cccc(F)c1. The molecule has 1 unspecified atom stereocenters. The van der Waals surface area contributed by atoms with Gasteiger partial charge in [-0.15, -0.1) is 0 Å². The van der Waals surface area contributed by atoms with Gasteiger partial charge in [0.1, 0.15) is 5.82 Å². The van der Waals surface area contributed by atoms with Gasteiger partial charge in [-0.3, -0.25) is 0 Å². The van der Waals surface area contributed by atoms with Crippen LogP contribution >= 0.6 is 12.2 Å². The lowest BCUT2D eigenvalue weighted by Gasteiger charge is -2.26. The van der Waals surface area contributed by atoms with Crippen LogP contribution in [0.2, 0.25) is 0 Å². The lowest BCUT2D eigenvalue weighted by Crippen LogP contribution is -2.41. The van der Waals surface area contributed by atoms with Crippen molar-refractivity contribution >= 4 is 17.3 Å². The van der Waals surface area contributed by atoms with Crippen molar-refractivity contribution in [2.45, 2.75) is 25.5 Å². The first-order valence-corrected chi connectivity index (χ1v) is 6.45. The lowest BCUT2D eigenvalue weighted by molar-refractivity contribution is 0.115. The van der Waals surface area contributed by atoms with E-state index in [0.717, 1.165) is 5.56 Å². The van der Waals surface area contributed by atoms with Gasteiger partial charge < -0.3 is 15.3 Å². The predicted octanol–water partition coefficient (Wildman–Crippen LogP) is 1.31. The zero-order valence-corrected chi connectivity index (χ0v) is 11.1. The minimum Gasteiger partial charge on any atom is -0.391 e. The zero-order valence-electron chi connectivity index (χ0n) is 10.3. The number of thiocarbonyl (C=S) groups is 1. The van der Waals surface area contributed by atoms with Gasteiger partial charge in [0.05, 0.1) is 12.1 Å². The van der Waals surface area contributed by atoms with Crippen LogP contribution in [0.15, 0.2) is 24.3 Å². The number of halogens is 1. The van der Waals surface area contributed by atoms with Gasteiger partial charge in [0.25, 0.3) is 0 Å². The van der Waals surface area contributed by atoms with Crippen LogP contribution in [0.3, 0.4) is 0 Å². The molecule has 1 fully saturated rings. The van der Waals surface area contributed by atoms with Crippen molar-refractivity contribution in [3.63, 3.8) is 0 Å². The highest BCUT2D eigenvalue weighted by atomic mass is 32.1. The van der Waals surface area contributed by atoms with E-state index in [1.165, 1.54) is 12.1 Å². The molecule has 5 heteroatoms. The van der Waals surface area contributed by atoms with E-state index in [0.29, 0.717) is 24.6 Å². The molecule has 1 aromatic rings. The predicted molar refractivity (Wildman–Crippen MR) is 72.9 cm³/mol. The average molecular weight is 268 g/mol. The van der Waals surface area contributed by atoms with E-state index in [2.05, 4.69) is 5.32 Å². The number of nitrogens with one attached hydrogen (secondary N) is 1. The minimum absolute atomic E-state index is 0.00561. The monoisotopic (exact) mass is 268 g/mol. The summed E-state index contributed by atoms with van der Waals surface area (Å²) in [6.45, 7) is 3.11. The second kappa shape index (κ2) is 5.63. The number of aliphatic hydroxyl groups excluding tert-OH is 1. The summed E-state index contributed by atoms with van der Waals surface area (Å²) in [4.78, 5) is 1.98. The van der Waals surface area contributed by atoms with Gasteiger partial charge in [0.15, 0.2) is 5.11 Å². The molecule has 1 aromatic carbocycles. The molecule has 1 aliphatic heterocycles. The van der Waals surface area contributed by atoms with E-state index in [-0.39, 0.29) is 11.9 Å². The molecule has 0 spiro atoms. The molecule has 2 atom stereocenters. The second-order valence-electron chi connectivity index (χ2n) is 4.57. The lowest BCUT2D eigenvalue weighted by atomic mass is 10.1.